The lowest BCUT2D eigenvalue weighted by Gasteiger charge is -2.26. The highest BCUT2D eigenvalue weighted by Crippen LogP contribution is 2.37. The second-order valence-corrected chi connectivity index (χ2v) is 9.30. The van der Waals surface area contributed by atoms with Gasteiger partial charge in [-0.15, -0.1) is 0 Å². The zero-order valence-corrected chi connectivity index (χ0v) is 13.2. The molecule has 1 N–H and O–H groups in total. The van der Waals surface area contributed by atoms with Crippen LogP contribution in [0.15, 0.2) is 24.3 Å². The van der Waals surface area contributed by atoms with Crippen LogP contribution in [-0.4, -0.2) is 24.3 Å². The Morgan fingerprint density at radius 1 is 1.19 bits per heavy atom. The Balaban J connectivity index is 1.78. The van der Waals surface area contributed by atoms with Gasteiger partial charge in [-0.3, -0.25) is 4.79 Å². The Bertz CT molecular complexity index is 675. The smallest absolute Gasteiger partial charge is 0.241 e. The Labute approximate surface area is 125 Å². The van der Waals surface area contributed by atoms with Gasteiger partial charge < -0.3 is 5.32 Å². The van der Waals surface area contributed by atoms with Gasteiger partial charge in [0.2, 0.25) is 5.91 Å². The number of hydrogen-bond acceptors (Lipinski definition) is 3. The molecule has 3 rings (SSSR count). The van der Waals surface area contributed by atoms with Gasteiger partial charge in [-0.1, -0.05) is 24.3 Å². The summed E-state index contributed by atoms with van der Waals surface area (Å²) < 4.78 is 23.5. The van der Waals surface area contributed by atoms with Gasteiger partial charge in [-0.2, -0.15) is 0 Å². The highest BCUT2D eigenvalue weighted by atomic mass is 32.2. The predicted octanol–water partition coefficient (Wildman–Crippen LogP) is 2.15. The molecule has 0 saturated heterocycles. The minimum atomic E-state index is -3.40. The number of fused-ring (bicyclic) bond motifs is 1. The first kappa shape index (κ1) is 14.6. The van der Waals surface area contributed by atoms with Gasteiger partial charge in [0, 0.05) is 0 Å². The molecule has 2 aliphatic carbocycles. The number of amides is 1. The fraction of sp³-hybridized carbons (Fsp3) is 0.562. The van der Waals surface area contributed by atoms with Crippen molar-refractivity contribution in [3.8, 4) is 0 Å². The molecule has 114 valence electrons. The van der Waals surface area contributed by atoms with E-state index in [1.807, 2.05) is 18.2 Å². The summed E-state index contributed by atoms with van der Waals surface area (Å²) in [5, 5.41) is 2.62. The molecule has 0 heterocycles. The quantitative estimate of drug-likeness (QED) is 0.927. The molecule has 0 radical (unpaired) electrons. The van der Waals surface area contributed by atoms with Gasteiger partial charge in [0.05, 0.1) is 11.3 Å². The highest BCUT2D eigenvalue weighted by molar-refractivity contribution is 7.94. The van der Waals surface area contributed by atoms with E-state index in [1.54, 1.807) is 0 Å². The molecule has 0 aromatic heterocycles. The van der Waals surface area contributed by atoms with Gasteiger partial charge in [0.15, 0.2) is 9.84 Å². The Kier molecular flexibility index (Phi) is 3.35. The number of carbonyl (C=O) groups is 1. The Hall–Kier alpha value is -1.36. The SMILES string of the molecule is CC(C)(C(=O)N[C@H]1CCc2ccccc21)S(=O)(=O)C1CC1. The minimum absolute atomic E-state index is 0.0672. The van der Waals surface area contributed by atoms with Crippen molar-refractivity contribution in [2.24, 2.45) is 0 Å². The maximum Gasteiger partial charge on any atom is 0.241 e. The van der Waals surface area contributed by atoms with E-state index in [-0.39, 0.29) is 17.2 Å². The lowest BCUT2D eigenvalue weighted by molar-refractivity contribution is -0.123. The van der Waals surface area contributed by atoms with Crippen molar-refractivity contribution >= 4 is 15.7 Å². The van der Waals surface area contributed by atoms with Crippen molar-refractivity contribution in [2.45, 2.75) is 55.6 Å². The Morgan fingerprint density at radius 2 is 1.86 bits per heavy atom. The molecule has 0 aliphatic heterocycles. The second kappa shape index (κ2) is 4.83. The van der Waals surface area contributed by atoms with E-state index in [0.29, 0.717) is 12.8 Å². The molecule has 1 aromatic rings. The number of carbonyl (C=O) groups excluding carboxylic acids is 1. The van der Waals surface area contributed by atoms with Crippen LogP contribution < -0.4 is 5.32 Å². The van der Waals surface area contributed by atoms with E-state index in [1.165, 1.54) is 19.4 Å². The van der Waals surface area contributed by atoms with Crippen molar-refractivity contribution in [3.63, 3.8) is 0 Å². The average Bonchev–Trinajstić information content (AvgIpc) is 3.23. The van der Waals surface area contributed by atoms with Crippen LogP contribution in [0.2, 0.25) is 0 Å². The molecule has 21 heavy (non-hydrogen) atoms. The molecule has 2 aliphatic rings. The maximum atomic E-state index is 12.5. The van der Waals surface area contributed by atoms with E-state index < -0.39 is 14.6 Å². The van der Waals surface area contributed by atoms with Crippen LogP contribution in [0, 0.1) is 0 Å². The van der Waals surface area contributed by atoms with Crippen LogP contribution in [0.3, 0.4) is 0 Å². The average molecular weight is 307 g/mol. The summed E-state index contributed by atoms with van der Waals surface area (Å²) in [4.78, 5) is 12.5. The van der Waals surface area contributed by atoms with Crippen LogP contribution in [0.25, 0.3) is 0 Å². The minimum Gasteiger partial charge on any atom is -0.348 e. The van der Waals surface area contributed by atoms with Crippen LogP contribution in [0.5, 0.6) is 0 Å². The highest BCUT2D eigenvalue weighted by Gasteiger charge is 2.50. The van der Waals surface area contributed by atoms with Gasteiger partial charge in [-0.25, -0.2) is 8.42 Å². The van der Waals surface area contributed by atoms with Crippen molar-refractivity contribution in [2.75, 3.05) is 0 Å². The van der Waals surface area contributed by atoms with Crippen LogP contribution in [-0.2, 0) is 21.1 Å². The summed E-state index contributed by atoms with van der Waals surface area (Å²) in [5.74, 6) is -0.379. The summed E-state index contributed by atoms with van der Waals surface area (Å²) in [5.41, 5.74) is 2.36. The van der Waals surface area contributed by atoms with Gasteiger partial charge in [-0.05, 0) is 50.7 Å². The summed E-state index contributed by atoms with van der Waals surface area (Å²) in [6.45, 7) is 3.05. The van der Waals surface area contributed by atoms with Gasteiger partial charge >= 0.3 is 0 Å². The third kappa shape index (κ3) is 2.37. The predicted molar refractivity (Wildman–Crippen MR) is 81.7 cm³/mol. The monoisotopic (exact) mass is 307 g/mol. The molecule has 4 nitrogen and oxygen atoms in total. The van der Waals surface area contributed by atoms with Gasteiger partial charge in [0.25, 0.3) is 0 Å². The second-order valence-electron chi connectivity index (χ2n) is 6.52. The Morgan fingerprint density at radius 3 is 2.52 bits per heavy atom. The van der Waals surface area contributed by atoms with Crippen LogP contribution >= 0.6 is 0 Å². The first-order valence-electron chi connectivity index (χ1n) is 7.46. The van der Waals surface area contributed by atoms with E-state index in [0.717, 1.165) is 18.4 Å². The standard InChI is InChI=1S/C16H21NO3S/c1-16(2,21(19,20)12-8-9-12)15(18)17-14-10-7-11-5-3-4-6-13(11)14/h3-6,12,14H,7-10H2,1-2H3,(H,17,18)/t14-/m0/s1. The molecular weight excluding hydrogens is 286 g/mol. The lowest BCUT2D eigenvalue weighted by atomic mass is 10.1. The van der Waals surface area contributed by atoms with Crippen molar-refractivity contribution in [1.29, 1.82) is 0 Å². The molecule has 1 amide bonds. The number of hydrogen-bond donors (Lipinski definition) is 1. The fourth-order valence-electron chi connectivity index (χ4n) is 2.96. The molecule has 0 bridgehead atoms. The number of nitrogens with one attached hydrogen (secondary N) is 1. The van der Waals surface area contributed by atoms with E-state index in [9.17, 15) is 13.2 Å². The maximum absolute atomic E-state index is 12.5. The largest absolute Gasteiger partial charge is 0.348 e. The first-order valence-corrected chi connectivity index (χ1v) is 9.01. The topological polar surface area (TPSA) is 63.2 Å². The normalized spacial score (nSPS) is 21.9. The number of sulfone groups is 1. The molecule has 1 atom stereocenters. The van der Waals surface area contributed by atoms with Crippen LogP contribution in [0.4, 0.5) is 0 Å². The summed E-state index contributed by atoms with van der Waals surface area (Å²) >= 11 is 0. The van der Waals surface area contributed by atoms with E-state index in [2.05, 4.69) is 11.4 Å². The molecule has 1 aromatic carbocycles. The van der Waals surface area contributed by atoms with Gasteiger partial charge in [0.1, 0.15) is 4.75 Å². The lowest BCUT2D eigenvalue weighted by Crippen LogP contribution is -2.50. The van der Waals surface area contributed by atoms with E-state index >= 15 is 0 Å². The first-order chi connectivity index (χ1) is 9.84. The molecule has 5 heteroatoms. The number of rotatable bonds is 4. The third-order valence-electron chi connectivity index (χ3n) is 4.66. The van der Waals surface area contributed by atoms with Crippen LogP contribution in [0.1, 0.15) is 50.3 Å². The van der Waals surface area contributed by atoms with Crippen molar-refractivity contribution in [3.05, 3.63) is 35.4 Å². The molecule has 0 spiro atoms. The van der Waals surface area contributed by atoms with E-state index in [4.69, 9.17) is 0 Å². The van der Waals surface area contributed by atoms with Crippen molar-refractivity contribution < 1.29 is 13.2 Å². The number of aryl methyl sites for hydroxylation is 1. The molecule has 1 saturated carbocycles. The molecule has 0 unspecified atom stereocenters. The summed E-state index contributed by atoms with van der Waals surface area (Å²) in [7, 11) is -3.40. The fourth-order valence-corrected chi connectivity index (χ4v) is 4.87. The summed E-state index contributed by atoms with van der Waals surface area (Å²) in [6, 6.07) is 7.95. The molecule has 1 fully saturated rings. The molecular formula is C16H21NO3S. The zero-order chi connectivity index (χ0) is 15.3. The van der Waals surface area contributed by atoms with Crippen molar-refractivity contribution in [1.82, 2.24) is 5.32 Å². The zero-order valence-electron chi connectivity index (χ0n) is 12.4. The number of benzene rings is 1. The summed E-state index contributed by atoms with van der Waals surface area (Å²) in [6.07, 6.45) is 3.14. The third-order valence-corrected chi connectivity index (χ3v) is 7.62.